The largest absolute Gasteiger partial charge is 0.388 e. The van der Waals surface area contributed by atoms with Crippen molar-refractivity contribution in [3.63, 3.8) is 0 Å². The molecule has 100 valence electrons. The Kier molecular flexibility index (Phi) is 3.42. The van der Waals surface area contributed by atoms with E-state index in [1.165, 1.54) is 44.1 Å². The minimum atomic E-state index is 0.397. The maximum Gasteiger partial charge on any atom is 0.0393 e. The summed E-state index contributed by atoms with van der Waals surface area (Å²) in [6.07, 6.45) is 12.1. The molecular weight excluding hydrogens is 222 g/mol. The average Bonchev–Trinajstić information content (AvgIpc) is 3.04. The highest BCUT2D eigenvalue weighted by Gasteiger charge is 2.33. The van der Waals surface area contributed by atoms with Gasteiger partial charge in [-0.2, -0.15) is 0 Å². The van der Waals surface area contributed by atoms with Gasteiger partial charge in [0.2, 0.25) is 0 Å². The van der Waals surface area contributed by atoms with Crippen molar-refractivity contribution >= 4 is 5.71 Å². The summed E-state index contributed by atoms with van der Waals surface area (Å²) in [6.45, 7) is 0. The van der Waals surface area contributed by atoms with Crippen LogP contribution in [-0.4, -0.2) is 17.8 Å². The van der Waals surface area contributed by atoms with Crippen molar-refractivity contribution in [2.45, 2.75) is 63.5 Å². The smallest absolute Gasteiger partial charge is 0.0393 e. The zero-order chi connectivity index (χ0) is 12.5. The first kappa shape index (κ1) is 12.2. The lowest BCUT2D eigenvalue weighted by atomic mass is 9.87. The summed E-state index contributed by atoms with van der Waals surface area (Å²) in [5, 5.41) is 11.9. The van der Waals surface area contributed by atoms with Crippen molar-refractivity contribution in [3.8, 4) is 0 Å². The fraction of sp³-hybridized carbons (Fsp3) is 0.800. The first-order valence-electron chi connectivity index (χ1n) is 7.54. The van der Waals surface area contributed by atoms with Crippen LogP contribution in [0.4, 0.5) is 0 Å². The van der Waals surface area contributed by atoms with E-state index in [0.29, 0.717) is 23.9 Å². The third-order valence-electron chi connectivity index (χ3n) is 4.74. The molecule has 0 atom stereocenters. The van der Waals surface area contributed by atoms with Crippen LogP contribution in [0.1, 0.15) is 51.4 Å². The first-order chi connectivity index (χ1) is 8.74. The SMILES string of the molecule is N=C(/C(=C\NC1CC(N)C1)C1CCCC1)C1CC1. The Hall–Kier alpha value is -0.830. The second-order valence-electron chi connectivity index (χ2n) is 6.36. The molecule has 0 aromatic rings. The van der Waals surface area contributed by atoms with Gasteiger partial charge in [0, 0.05) is 29.9 Å². The van der Waals surface area contributed by atoms with Gasteiger partial charge in [-0.3, -0.25) is 0 Å². The number of nitrogens with one attached hydrogen (secondary N) is 2. The molecule has 3 heteroatoms. The monoisotopic (exact) mass is 247 g/mol. The Bertz CT molecular complexity index is 345. The molecule has 0 unspecified atom stereocenters. The molecule has 0 saturated heterocycles. The molecule has 4 N–H and O–H groups in total. The quantitative estimate of drug-likeness (QED) is 0.654. The van der Waals surface area contributed by atoms with Crippen LogP contribution in [0.5, 0.6) is 0 Å². The highest BCUT2D eigenvalue weighted by atomic mass is 14.9. The number of hydrogen-bond donors (Lipinski definition) is 3. The van der Waals surface area contributed by atoms with Gasteiger partial charge in [-0.1, -0.05) is 12.8 Å². The third kappa shape index (κ3) is 2.61. The summed E-state index contributed by atoms with van der Waals surface area (Å²) in [4.78, 5) is 0. The van der Waals surface area contributed by atoms with Gasteiger partial charge in [-0.05, 0) is 50.0 Å². The van der Waals surface area contributed by atoms with E-state index in [1.807, 2.05) is 0 Å². The molecule has 18 heavy (non-hydrogen) atoms. The zero-order valence-electron chi connectivity index (χ0n) is 11.1. The number of hydrogen-bond acceptors (Lipinski definition) is 3. The van der Waals surface area contributed by atoms with Gasteiger partial charge < -0.3 is 16.5 Å². The predicted molar refractivity (Wildman–Crippen MR) is 74.6 cm³/mol. The van der Waals surface area contributed by atoms with E-state index < -0.39 is 0 Å². The molecule has 0 aliphatic heterocycles. The molecule has 3 rings (SSSR count). The molecule has 3 aliphatic rings. The summed E-state index contributed by atoms with van der Waals surface area (Å²) in [7, 11) is 0. The third-order valence-corrected chi connectivity index (χ3v) is 4.74. The van der Waals surface area contributed by atoms with Crippen LogP contribution >= 0.6 is 0 Å². The summed E-state index contributed by atoms with van der Waals surface area (Å²) in [5.41, 5.74) is 8.06. The maximum atomic E-state index is 8.35. The number of allylic oxidation sites excluding steroid dienone is 1. The summed E-state index contributed by atoms with van der Waals surface area (Å²) < 4.78 is 0. The maximum absolute atomic E-state index is 8.35. The van der Waals surface area contributed by atoms with Gasteiger partial charge in [0.25, 0.3) is 0 Å². The van der Waals surface area contributed by atoms with Crippen molar-refractivity contribution in [3.05, 3.63) is 11.8 Å². The van der Waals surface area contributed by atoms with Gasteiger partial charge in [-0.25, -0.2) is 0 Å². The molecule has 0 spiro atoms. The zero-order valence-corrected chi connectivity index (χ0v) is 11.1. The molecule has 0 heterocycles. The van der Waals surface area contributed by atoms with Crippen LogP contribution in [0.15, 0.2) is 11.8 Å². The van der Waals surface area contributed by atoms with E-state index in [-0.39, 0.29) is 0 Å². The van der Waals surface area contributed by atoms with Gasteiger partial charge in [0.05, 0.1) is 0 Å². The van der Waals surface area contributed by atoms with Crippen molar-refractivity contribution in [2.75, 3.05) is 0 Å². The van der Waals surface area contributed by atoms with E-state index in [4.69, 9.17) is 11.1 Å². The summed E-state index contributed by atoms with van der Waals surface area (Å²) in [5.74, 6) is 1.22. The lowest BCUT2D eigenvalue weighted by molar-refractivity contribution is 0.316. The van der Waals surface area contributed by atoms with Crippen LogP contribution in [0.25, 0.3) is 0 Å². The standard InChI is InChI=1S/C15H25N3/c16-12-7-13(8-12)18-9-14(10-3-1-2-4-10)15(17)11-5-6-11/h9-13,17-18H,1-8,16H2/b14-9-,17-15?. The lowest BCUT2D eigenvalue weighted by Gasteiger charge is -2.33. The van der Waals surface area contributed by atoms with Crippen LogP contribution < -0.4 is 11.1 Å². The molecular formula is C15H25N3. The first-order valence-corrected chi connectivity index (χ1v) is 7.54. The minimum absolute atomic E-state index is 0.397. The fourth-order valence-electron chi connectivity index (χ4n) is 3.27. The van der Waals surface area contributed by atoms with E-state index in [2.05, 4.69) is 11.5 Å². The Morgan fingerprint density at radius 1 is 1.06 bits per heavy atom. The fourth-order valence-corrected chi connectivity index (χ4v) is 3.27. The van der Waals surface area contributed by atoms with E-state index in [0.717, 1.165) is 18.6 Å². The van der Waals surface area contributed by atoms with E-state index in [9.17, 15) is 0 Å². The van der Waals surface area contributed by atoms with Gasteiger partial charge in [0.15, 0.2) is 0 Å². The van der Waals surface area contributed by atoms with E-state index in [1.54, 1.807) is 0 Å². The van der Waals surface area contributed by atoms with Crippen LogP contribution in [0.3, 0.4) is 0 Å². The Morgan fingerprint density at radius 3 is 2.28 bits per heavy atom. The van der Waals surface area contributed by atoms with Crippen molar-refractivity contribution in [1.29, 1.82) is 5.41 Å². The molecule has 3 nitrogen and oxygen atoms in total. The Balaban J connectivity index is 1.63. The highest BCUT2D eigenvalue weighted by Crippen LogP contribution is 2.39. The van der Waals surface area contributed by atoms with Crippen molar-refractivity contribution < 1.29 is 0 Å². The summed E-state index contributed by atoms with van der Waals surface area (Å²) in [6, 6.07) is 0.956. The Labute approximate surface area is 110 Å². The number of rotatable bonds is 5. The van der Waals surface area contributed by atoms with Gasteiger partial charge in [-0.15, -0.1) is 0 Å². The Morgan fingerprint density at radius 2 is 1.72 bits per heavy atom. The van der Waals surface area contributed by atoms with Gasteiger partial charge >= 0.3 is 0 Å². The molecule has 0 bridgehead atoms. The molecule has 0 radical (unpaired) electrons. The highest BCUT2D eigenvalue weighted by molar-refractivity contribution is 6.01. The molecule has 3 saturated carbocycles. The van der Waals surface area contributed by atoms with Crippen LogP contribution in [0.2, 0.25) is 0 Å². The normalized spacial score (nSPS) is 33.3. The van der Waals surface area contributed by atoms with Crippen LogP contribution in [0, 0.1) is 17.2 Å². The molecule has 0 aromatic carbocycles. The molecule has 0 amide bonds. The minimum Gasteiger partial charge on any atom is -0.388 e. The molecule has 3 fully saturated rings. The molecule has 0 aromatic heterocycles. The van der Waals surface area contributed by atoms with Crippen molar-refractivity contribution in [1.82, 2.24) is 5.32 Å². The second kappa shape index (κ2) is 5.04. The summed E-state index contributed by atoms with van der Waals surface area (Å²) >= 11 is 0. The van der Waals surface area contributed by atoms with E-state index >= 15 is 0 Å². The second-order valence-corrected chi connectivity index (χ2v) is 6.36. The topological polar surface area (TPSA) is 61.9 Å². The molecule has 3 aliphatic carbocycles. The average molecular weight is 247 g/mol. The lowest BCUT2D eigenvalue weighted by Crippen LogP contribution is -2.46. The van der Waals surface area contributed by atoms with Crippen LogP contribution in [-0.2, 0) is 0 Å². The predicted octanol–water partition coefficient (Wildman–Crippen LogP) is 2.57. The number of nitrogens with two attached hydrogens (primary N) is 1. The van der Waals surface area contributed by atoms with Crippen molar-refractivity contribution in [2.24, 2.45) is 17.6 Å². The van der Waals surface area contributed by atoms with Gasteiger partial charge in [0.1, 0.15) is 0 Å².